The maximum absolute atomic E-state index is 4.66. The van der Waals surface area contributed by atoms with Crippen LogP contribution in [0, 0.1) is 13.8 Å². The van der Waals surface area contributed by atoms with Gasteiger partial charge in [0, 0.05) is 28.2 Å². The molecule has 0 saturated carbocycles. The predicted molar refractivity (Wildman–Crippen MR) is 110 cm³/mol. The molecule has 0 amide bonds. The molecule has 3 nitrogen and oxygen atoms in total. The Kier molecular flexibility index (Phi) is 4.00. The summed E-state index contributed by atoms with van der Waals surface area (Å²) in [5, 5.41) is 6.58. The fourth-order valence-electron chi connectivity index (χ4n) is 3.77. The molecule has 0 atom stereocenters. The fraction of sp³-hybridized carbons (Fsp3) is 0.174. The number of para-hydroxylation sites is 1. The van der Waals surface area contributed by atoms with E-state index in [0.717, 1.165) is 23.4 Å². The quantitative estimate of drug-likeness (QED) is 0.617. The lowest BCUT2D eigenvalue weighted by molar-refractivity contribution is 0.956. The van der Waals surface area contributed by atoms with Gasteiger partial charge in [-0.3, -0.25) is 0 Å². The van der Waals surface area contributed by atoms with Gasteiger partial charge in [-0.2, -0.15) is 5.10 Å². The molecule has 130 valence electrons. The van der Waals surface area contributed by atoms with Crippen molar-refractivity contribution in [3.05, 3.63) is 89.3 Å². The van der Waals surface area contributed by atoms with Crippen LogP contribution < -0.4 is 5.01 Å². The second kappa shape index (κ2) is 6.34. The second-order valence-electron chi connectivity index (χ2n) is 6.66. The van der Waals surface area contributed by atoms with Gasteiger partial charge < -0.3 is 4.57 Å². The van der Waals surface area contributed by atoms with E-state index in [4.69, 9.17) is 0 Å². The number of hydrogen-bond acceptors (Lipinski definition) is 2. The Morgan fingerprint density at radius 2 is 1.65 bits per heavy atom. The van der Waals surface area contributed by atoms with E-state index in [2.05, 4.69) is 73.4 Å². The van der Waals surface area contributed by atoms with Crippen LogP contribution >= 0.6 is 0 Å². The van der Waals surface area contributed by atoms with Crippen molar-refractivity contribution in [1.29, 1.82) is 0 Å². The van der Waals surface area contributed by atoms with E-state index in [0.29, 0.717) is 0 Å². The topological polar surface area (TPSA) is 20.5 Å². The molecule has 2 aromatic carbocycles. The molecule has 3 heteroatoms. The van der Waals surface area contributed by atoms with E-state index in [1.54, 1.807) is 0 Å². The maximum Gasteiger partial charge on any atom is 0.0678 e. The van der Waals surface area contributed by atoms with Crippen LogP contribution in [0.3, 0.4) is 0 Å². The Morgan fingerprint density at radius 1 is 0.923 bits per heavy atom. The molecule has 3 aromatic rings. The molecule has 0 aliphatic carbocycles. The number of nitrogens with zero attached hydrogens (tertiary/aromatic N) is 3. The summed E-state index contributed by atoms with van der Waals surface area (Å²) in [6.07, 6.45) is 2.99. The number of fused-ring (bicyclic) bond motifs is 1. The van der Waals surface area contributed by atoms with E-state index < -0.39 is 0 Å². The van der Waals surface area contributed by atoms with Crippen molar-refractivity contribution < 1.29 is 0 Å². The molecule has 0 bridgehead atoms. The minimum Gasteiger partial charge on any atom is -0.317 e. The van der Waals surface area contributed by atoms with Crippen LogP contribution in [0.2, 0.25) is 0 Å². The monoisotopic (exact) mass is 341 g/mol. The number of anilines is 1. The highest BCUT2D eigenvalue weighted by Crippen LogP contribution is 2.36. The van der Waals surface area contributed by atoms with Gasteiger partial charge in [-0.25, -0.2) is 5.01 Å². The van der Waals surface area contributed by atoms with Crippen molar-refractivity contribution in [2.24, 2.45) is 5.10 Å². The Bertz CT molecular complexity index is 1010. The van der Waals surface area contributed by atoms with Gasteiger partial charge in [0.2, 0.25) is 0 Å². The summed E-state index contributed by atoms with van der Waals surface area (Å²) in [6.45, 7) is 10.9. The summed E-state index contributed by atoms with van der Waals surface area (Å²) in [5.74, 6) is 0. The van der Waals surface area contributed by atoms with Crippen molar-refractivity contribution in [1.82, 2.24) is 4.57 Å². The molecule has 0 spiro atoms. The smallest absolute Gasteiger partial charge is 0.0678 e. The Morgan fingerprint density at radius 3 is 2.38 bits per heavy atom. The first kappa shape index (κ1) is 16.4. The lowest BCUT2D eigenvalue weighted by Gasteiger charge is -2.25. The van der Waals surface area contributed by atoms with Crippen LogP contribution in [0.1, 0.15) is 35.0 Å². The Hall–Kier alpha value is -3.07. The first-order chi connectivity index (χ1) is 12.6. The second-order valence-corrected chi connectivity index (χ2v) is 6.66. The molecule has 0 N–H and O–H groups in total. The van der Waals surface area contributed by atoms with Gasteiger partial charge in [0.25, 0.3) is 0 Å². The van der Waals surface area contributed by atoms with Crippen molar-refractivity contribution in [2.45, 2.75) is 27.2 Å². The van der Waals surface area contributed by atoms with Gasteiger partial charge >= 0.3 is 0 Å². The van der Waals surface area contributed by atoms with E-state index in [1.807, 2.05) is 29.4 Å². The first-order valence-corrected chi connectivity index (χ1v) is 9.01. The molecule has 2 heterocycles. The lowest BCUT2D eigenvalue weighted by atomic mass is 10.1. The number of hydrogen-bond donors (Lipinski definition) is 0. The van der Waals surface area contributed by atoms with Gasteiger partial charge in [0.1, 0.15) is 0 Å². The third-order valence-electron chi connectivity index (χ3n) is 5.12. The normalized spacial score (nSPS) is 13.2. The van der Waals surface area contributed by atoms with Crippen molar-refractivity contribution in [3.8, 4) is 5.69 Å². The standard InChI is InChI=1S/C23H23N3/c1-5-19-10-9-13-21(14-19)25-16(2)22-15-24-26(18(4)23(22)17(25)3)20-11-7-6-8-12-20/h6-15H,4-5H2,1-3H3. The van der Waals surface area contributed by atoms with Crippen LogP contribution in [0.5, 0.6) is 0 Å². The van der Waals surface area contributed by atoms with Crippen LogP contribution in [-0.2, 0) is 6.42 Å². The van der Waals surface area contributed by atoms with Crippen molar-refractivity contribution in [2.75, 3.05) is 5.01 Å². The van der Waals surface area contributed by atoms with Crippen LogP contribution in [-0.4, -0.2) is 10.8 Å². The maximum atomic E-state index is 4.66. The highest BCUT2D eigenvalue weighted by molar-refractivity contribution is 5.98. The molecule has 4 rings (SSSR count). The molecular weight excluding hydrogens is 318 g/mol. The molecule has 26 heavy (non-hydrogen) atoms. The molecular formula is C23H23N3. The number of aryl methyl sites for hydroxylation is 1. The highest BCUT2D eigenvalue weighted by atomic mass is 15.5. The minimum atomic E-state index is 0.916. The summed E-state index contributed by atoms with van der Waals surface area (Å²) in [6, 6.07) is 18.9. The molecule has 0 fully saturated rings. The average Bonchev–Trinajstić information content (AvgIpc) is 2.94. The molecule has 1 aliphatic heterocycles. The van der Waals surface area contributed by atoms with E-state index in [9.17, 15) is 0 Å². The number of benzene rings is 2. The zero-order chi connectivity index (χ0) is 18.3. The largest absolute Gasteiger partial charge is 0.317 e. The molecule has 1 aliphatic rings. The number of rotatable bonds is 3. The van der Waals surface area contributed by atoms with E-state index in [-0.39, 0.29) is 0 Å². The van der Waals surface area contributed by atoms with E-state index >= 15 is 0 Å². The fourth-order valence-corrected chi connectivity index (χ4v) is 3.77. The molecule has 0 saturated heterocycles. The summed E-state index contributed by atoms with van der Waals surface area (Å²) in [5.41, 5.74) is 9.19. The van der Waals surface area contributed by atoms with Gasteiger partial charge in [-0.1, -0.05) is 43.8 Å². The zero-order valence-corrected chi connectivity index (χ0v) is 15.5. The highest BCUT2D eigenvalue weighted by Gasteiger charge is 2.26. The van der Waals surface area contributed by atoms with Gasteiger partial charge in [0.05, 0.1) is 17.6 Å². The predicted octanol–water partition coefficient (Wildman–Crippen LogP) is 5.48. The summed E-state index contributed by atoms with van der Waals surface area (Å²) in [7, 11) is 0. The average molecular weight is 341 g/mol. The van der Waals surface area contributed by atoms with Gasteiger partial charge in [0.15, 0.2) is 0 Å². The summed E-state index contributed by atoms with van der Waals surface area (Å²) >= 11 is 0. The van der Waals surface area contributed by atoms with Crippen molar-refractivity contribution >= 4 is 17.6 Å². The molecule has 1 aromatic heterocycles. The minimum absolute atomic E-state index is 0.916. The Balaban J connectivity index is 1.84. The lowest BCUT2D eigenvalue weighted by Crippen LogP contribution is -2.19. The van der Waals surface area contributed by atoms with Gasteiger partial charge in [-0.15, -0.1) is 0 Å². The van der Waals surface area contributed by atoms with Crippen LogP contribution in [0.25, 0.3) is 11.4 Å². The molecule has 0 unspecified atom stereocenters. The van der Waals surface area contributed by atoms with Crippen molar-refractivity contribution in [3.63, 3.8) is 0 Å². The van der Waals surface area contributed by atoms with Crippen LogP contribution in [0.15, 0.2) is 66.3 Å². The van der Waals surface area contributed by atoms with E-state index in [1.165, 1.54) is 28.2 Å². The van der Waals surface area contributed by atoms with Crippen LogP contribution in [0.4, 0.5) is 5.69 Å². The zero-order valence-electron chi connectivity index (χ0n) is 15.5. The Labute approximate surface area is 154 Å². The number of hydrazone groups is 1. The third kappa shape index (κ3) is 2.48. The molecule has 0 radical (unpaired) electrons. The third-order valence-corrected chi connectivity index (χ3v) is 5.12. The number of aromatic nitrogens is 1. The SMILES string of the molecule is C=C1c2c(c(C)n(-c3cccc(CC)c3)c2C)C=NN1c1ccccc1. The first-order valence-electron chi connectivity index (χ1n) is 9.01. The van der Waals surface area contributed by atoms with Gasteiger partial charge in [-0.05, 0) is 50.1 Å². The summed E-state index contributed by atoms with van der Waals surface area (Å²) in [4.78, 5) is 0. The summed E-state index contributed by atoms with van der Waals surface area (Å²) < 4.78 is 2.32.